The van der Waals surface area contributed by atoms with E-state index in [2.05, 4.69) is 12.2 Å². The zero-order chi connectivity index (χ0) is 15.1. The molecule has 0 heterocycles. The molecule has 1 saturated carbocycles. The van der Waals surface area contributed by atoms with Crippen molar-refractivity contribution in [1.29, 1.82) is 0 Å². The second-order valence-electron chi connectivity index (χ2n) is 6.00. The van der Waals surface area contributed by atoms with Crippen LogP contribution in [0.15, 0.2) is 30.3 Å². The minimum absolute atomic E-state index is 0.0920. The highest BCUT2D eigenvalue weighted by Gasteiger charge is 2.41. The Hall–Kier alpha value is -1.51. The Balaban J connectivity index is 2.20. The highest BCUT2D eigenvalue weighted by atomic mass is 16.5. The Labute approximate surface area is 128 Å². The maximum atomic E-state index is 12.6. The van der Waals surface area contributed by atoms with Crippen LogP contribution >= 0.6 is 0 Å². The Bertz CT molecular complexity index is 446. The number of carbonyl (C=O) groups excluding carboxylic acids is 1. The Morgan fingerprint density at radius 1 is 1.24 bits per heavy atom. The van der Waals surface area contributed by atoms with E-state index in [0.29, 0.717) is 6.61 Å². The van der Waals surface area contributed by atoms with Crippen LogP contribution in [0.2, 0.25) is 0 Å². The first-order chi connectivity index (χ1) is 10.2. The van der Waals surface area contributed by atoms with Crippen molar-refractivity contribution in [2.24, 2.45) is 5.92 Å². The number of esters is 1. The minimum atomic E-state index is -0.554. The highest BCUT2D eigenvalue weighted by Crippen LogP contribution is 2.35. The summed E-state index contributed by atoms with van der Waals surface area (Å²) in [6.45, 7) is 4.56. The van der Waals surface area contributed by atoms with Gasteiger partial charge in [-0.25, -0.2) is 4.79 Å². The largest absolute Gasteiger partial charge is 0.464 e. The first kappa shape index (κ1) is 15.9. The molecule has 2 atom stereocenters. The molecule has 1 aromatic carbocycles. The van der Waals surface area contributed by atoms with Gasteiger partial charge in [-0.05, 0) is 44.2 Å². The van der Waals surface area contributed by atoms with Crippen molar-refractivity contribution in [2.75, 3.05) is 11.9 Å². The molecule has 0 aliphatic heterocycles. The average Bonchev–Trinajstić information content (AvgIpc) is 2.72. The lowest BCUT2D eigenvalue weighted by Gasteiger charge is -2.32. The summed E-state index contributed by atoms with van der Waals surface area (Å²) < 4.78 is 5.38. The van der Waals surface area contributed by atoms with Gasteiger partial charge in [0.1, 0.15) is 5.54 Å². The van der Waals surface area contributed by atoms with Gasteiger partial charge in [0, 0.05) is 5.69 Å². The SMILES string of the molecule is CCOC(=O)C1(Nc2ccccc2)CCCC(CC)CC1. The fourth-order valence-electron chi connectivity index (χ4n) is 3.27. The smallest absolute Gasteiger partial charge is 0.331 e. The fraction of sp³-hybridized carbons (Fsp3) is 0.611. The summed E-state index contributed by atoms with van der Waals surface area (Å²) in [4.78, 5) is 12.6. The van der Waals surface area contributed by atoms with E-state index in [1.807, 2.05) is 37.3 Å². The van der Waals surface area contributed by atoms with Crippen LogP contribution in [-0.2, 0) is 9.53 Å². The first-order valence-corrected chi connectivity index (χ1v) is 8.20. The van der Waals surface area contributed by atoms with Gasteiger partial charge < -0.3 is 10.1 Å². The number of rotatable bonds is 5. The summed E-state index contributed by atoms with van der Waals surface area (Å²) in [6.07, 6.45) is 6.31. The molecule has 0 spiro atoms. The van der Waals surface area contributed by atoms with Gasteiger partial charge in [-0.15, -0.1) is 0 Å². The molecular weight excluding hydrogens is 262 g/mol. The van der Waals surface area contributed by atoms with Crippen LogP contribution in [0.3, 0.4) is 0 Å². The monoisotopic (exact) mass is 289 g/mol. The summed E-state index contributed by atoms with van der Waals surface area (Å²) in [5.74, 6) is 0.643. The van der Waals surface area contributed by atoms with Crippen molar-refractivity contribution in [3.63, 3.8) is 0 Å². The van der Waals surface area contributed by atoms with E-state index < -0.39 is 5.54 Å². The van der Waals surface area contributed by atoms with E-state index in [9.17, 15) is 4.79 Å². The van der Waals surface area contributed by atoms with Crippen LogP contribution in [-0.4, -0.2) is 18.1 Å². The van der Waals surface area contributed by atoms with Gasteiger partial charge in [0.05, 0.1) is 6.61 Å². The molecule has 21 heavy (non-hydrogen) atoms. The predicted molar refractivity (Wildman–Crippen MR) is 86.3 cm³/mol. The second-order valence-corrected chi connectivity index (χ2v) is 6.00. The molecule has 0 bridgehead atoms. The molecule has 1 aliphatic carbocycles. The summed E-state index contributed by atoms with van der Waals surface area (Å²) in [7, 11) is 0. The molecule has 1 aromatic rings. The van der Waals surface area contributed by atoms with Crippen molar-refractivity contribution < 1.29 is 9.53 Å². The number of nitrogens with one attached hydrogen (secondary N) is 1. The van der Waals surface area contributed by atoms with Gasteiger partial charge >= 0.3 is 5.97 Å². The van der Waals surface area contributed by atoms with E-state index >= 15 is 0 Å². The number of carbonyl (C=O) groups is 1. The van der Waals surface area contributed by atoms with Crippen molar-refractivity contribution in [2.45, 2.75) is 57.9 Å². The molecule has 2 unspecified atom stereocenters. The quantitative estimate of drug-likeness (QED) is 0.645. The van der Waals surface area contributed by atoms with Gasteiger partial charge in [-0.3, -0.25) is 0 Å². The number of hydrogen-bond acceptors (Lipinski definition) is 3. The van der Waals surface area contributed by atoms with Crippen LogP contribution in [0, 0.1) is 5.92 Å². The van der Waals surface area contributed by atoms with Crippen molar-refractivity contribution >= 4 is 11.7 Å². The zero-order valence-corrected chi connectivity index (χ0v) is 13.2. The van der Waals surface area contributed by atoms with Gasteiger partial charge in [0.15, 0.2) is 0 Å². The maximum absolute atomic E-state index is 12.6. The number of ether oxygens (including phenoxy) is 1. The van der Waals surface area contributed by atoms with Gasteiger partial charge in [-0.1, -0.05) is 44.4 Å². The van der Waals surface area contributed by atoms with Crippen LogP contribution in [0.4, 0.5) is 5.69 Å². The fourth-order valence-corrected chi connectivity index (χ4v) is 3.27. The second kappa shape index (κ2) is 7.48. The molecule has 1 N–H and O–H groups in total. The molecule has 3 nitrogen and oxygen atoms in total. The summed E-state index contributed by atoms with van der Waals surface area (Å²) in [6, 6.07) is 10.0. The number of hydrogen-bond donors (Lipinski definition) is 1. The first-order valence-electron chi connectivity index (χ1n) is 8.20. The number of anilines is 1. The van der Waals surface area contributed by atoms with Crippen LogP contribution in [0.25, 0.3) is 0 Å². The molecule has 3 heteroatoms. The van der Waals surface area contributed by atoms with E-state index in [0.717, 1.165) is 37.3 Å². The van der Waals surface area contributed by atoms with Crippen molar-refractivity contribution in [3.05, 3.63) is 30.3 Å². The third-order valence-electron chi connectivity index (χ3n) is 4.60. The molecule has 0 aromatic heterocycles. The lowest BCUT2D eigenvalue weighted by molar-refractivity contribution is -0.149. The van der Waals surface area contributed by atoms with Crippen LogP contribution in [0.5, 0.6) is 0 Å². The minimum Gasteiger partial charge on any atom is -0.464 e. The summed E-state index contributed by atoms with van der Waals surface area (Å²) >= 11 is 0. The molecule has 116 valence electrons. The summed E-state index contributed by atoms with van der Waals surface area (Å²) in [5.41, 5.74) is 0.446. The normalized spacial score (nSPS) is 25.9. The van der Waals surface area contributed by atoms with Crippen LogP contribution < -0.4 is 5.32 Å². The van der Waals surface area contributed by atoms with E-state index in [1.54, 1.807) is 0 Å². The maximum Gasteiger partial charge on any atom is 0.331 e. The summed E-state index contributed by atoms with van der Waals surface area (Å²) in [5, 5.41) is 3.49. The van der Waals surface area contributed by atoms with Gasteiger partial charge in [0.2, 0.25) is 0 Å². The van der Waals surface area contributed by atoms with Crippen molar-refractivity contribution in [1.82, 2.24) is 0 Å². The lowest BCUT2D eigenvalue weighted by Crippen LogP contribution is -2.47. The van der Waals surface area contributed by atoms with E-state index in [-0.39, 0.29) is 5.97 Å². The molecule has 0 saturated heterocycles. The standard InChI is InChI=1S/C18H27NO2/c1-3-15-9-8-13-18(14-12-15,17(20)21-4-2)19-16-10-6-5-7-11-16/h5-7,10-11,15,19H,3-4,8-9,12-14H2,1-2H3. The number of para-hydroxylation sites is 1. The molecule has 1 fully saturated rings. The Morgan fingerprint density at radius 2 is 2.00 bits per heavy atom. The zero-order valence-electron chi connectivity index (χ0n) is 13.2. The van der Waals surface area contributed by atoms with E-state index in [4.69, 9.17) is 4.74 Å². The third kappa shape index (κ3) is 3.99. The topological polar surface area (TPSA) is 38.3 Å². The molecule has 1 aliphatic rings. The Morgan fingerprint density at radius 3 is 2.67 bits per heavy atom. The lowest BCUT2D eigenvalue weighted by atomic mass is 9.88. The molecule has 2 rings (SSSR count). The Kier molecular flexibility index (Phi) is 5.66. The van der Waals surface area contributed by atoms with Gasteiger partial charge in [0.25, 0.3) is 0 Å². The highest BCUT2D eigenvalue weighted by molar-refractivity contribution is 5.84. The third-order valence-corrected chi connectivity index (χ3v) is 4.60. The van der Waals surface area contributed by atoms with E-state index in [1.165, 1.54) is 12.8 Å². The molecule has 0 radical (unpaired) electrons. The van der Waals surface area contributed by atoms with Crippen LogP contribution in [0.1, 0.15) is 52.4 Å². The number of benzene rings is 1. The average molecular weight is 289 g/mol. The molecule has 0 amide bonds. The van der Waals surface area contributed by atoms with Crippen molar-refractivity contribution in [3.8, 4) is 0 Å². The molecular formula is C18H27NO2. The predicted octanol–water partition coefficient (Wildman–Crippen LogP) is 4.39. The van der Waals surface area contributed by atoms with Gasteiger partial charge in [-0.2, -0.15) is 0 Å².